The molecule has 0 radical (unpaired) electrons. The van der Waals surface area contributed by atoms with Crippen molar-refractivity contribution in [2.24, 2.45) is 7.05 Å². The maximum Gasteiger partial charge on any atom is 0.278 e. The summed E-state index contributed by atoms with van der Waals surface area (Å²) < 4.78 is 3.20. The lowest BCUT2D eigenvalue weighted by Crippen LogP contribution is -2.38. The number of hydrogen-bond acceptors (Lipinski definition) is 5. The van der Waals surface area contributed by atoms with Crippen LogP contribution in [0.3, 0.4) is 0 Å². The van der Waals surface area contributed by atoms with Gasteiger partial charge in [-0.2, -0.15) is 0 Å². The standard InChI is InChI=1S/C21H20N6O2/c1-25-17-10-5-4-9-16(17)22-20(25)18-11-6-12-26(18)19(28)13-27-21(29)14-7-2-3-8-15(14)23-24-27/h2-5,7-10,18H,6,11-13H2,1H3/t18-/m0/s1. The van der Waals surface area contributed by atoms with Crippen LogP contribution in [0.1, 0.15) is 24.7 Å². The predicted molar refractivity (Wildman–Crippen MR) is 108 cm³/mol. The molecule has 2 aromatic heterocycles. The van der Waals surface area contributed by atoms with Gasteiger partial charge >= 0.3 is 0 Å². The number of imidazole rings is 1. The van der Waals surface area contributed by atoms with E-state index in [0.29, 0.717) is 17.4 Å². The van der Waals surface area contributed by atoms with Crippen molar-refractivity contribution in [1.82, 2.24) is 29.4 Å². The molecule has 3 heterocycles. The normalized spacial score (nSPS) is 16.7. The molecule has 8 nitrogen and oxygen atoms in total. The molecule has 4 aromatic rings. The van der Waals surface area contributed by atoms with Gasteiger partial charge in [-0.25, -0.2) is 9.67 Å². The summed E-state index contributed by atoms with van der Waals surface area (Å²) >= 11 is 0. The Kier molecular flexibility index (Phi) is 4.12. The predicted octanol–water partition coefficient (Wildman–Crippen LogP) is 2.04. The van der Waals surface area contributed by atoms with Crippen LogP contribution in [-0.2, 0) is 18.4 Å². The van der Waals surface area contributed by atoms with Gasteiger partial charge in [0.15, 0.2) is 0 Å². The molecule has 1 amide bonds. The van der Waals surface area contributed by atoms with E-state index in [1.165, 1.54) is 0 Å². The Morgan fingerprint density at radius 1 is 1.10 bits per heavy atom. The lowest BCUT2D eigenvalue weighted by molar-refractivity contribution is -0.133. The first-order valence-electron chi connectivity index (χ1n) is 9.67. The molecule has 5 rings (SSSR count). The minimum absolute atomic E-state index is 0.107. The van der Waals surface area contributed by atoms with E-state index in [2.05, 4.69) is 10.3 Å². The molecule has 0 N–H and O–H groups in total. The summed E-state index contributed by atoms with van der Waals surface area (Å²) in [6, 6.07) is 14.9. The lowest BCUT2D eigenvalue weighted by atomic mass is 10.2. The largest absolute Gasteiger partial charge is 0.331 e. The van der Waals surface area contributed by atoms with Gasteiger partial charge in [-0.05, 0) is 37.1 Å². The van der Waals surface area contributed by atoms with E-state index in [1.54, 1.807) is 24.3 Å². The minimum Gasteiger partial charge on any atom is -0.331 e. The Hall–Kier alpha value is -3.55. The van der Waals surface area contributed by atoms with E-state index in [-0.39, 0.29) is 24.1 Å². The third-order valence-corrected chi connectivity index (χ3v) is 5.61. The minimum atomic E-state index is -0.303. The Morgan fingerprint density at radius 2 is 1.86 bits per heavy atom. The summed E-state index contributed by atoms with van der Waals surface area (Å²) in [6.45, 7) is 0.513. The zero-order valence-electron chi connectivity index (χ0n) is 16.0. The molecular formula is C21H20N6O2. The molecule has 0 unspecified atom stereocenters. The van der Waals surface area contributed by atoms with E-state index in [9.17, 15) is 9.59 Å². The first-order valence-corrected chi connectivity index (χ1v) is 9.67. The molecule has 146 valence electrons. The number of carbonyl (C=O) groups excluding carboxylic acids is 1. The van der Waals surface area contributed by atoms with Crippen LogP contribution in [0.4, 0.5) is 0 Å². The first-order chi connectivity index (χ1) is 14.1. The molecule has 1 atom stereocenters. The smallest absolute Gasteiger partial charge is 0.278 e. The number of rotatable bonds is 3. The van der Waals surface area contributed by atoms with Crippen LogP contribution in [0, 0.1) is 0 Å². The molecule has 29 heavy (non-hydrogen) atoms. The van der Waals surface area contributed by atoms with Crippen molar-refractivity contribution >= 4 is 27.8 Å². The molecule has 0 saturated carbocycles. The number of hydrogen-bond donors (Lipinski definition) is 0. The molecule has 2 aromatic carbocycles. The molecule has 1 saturated heterocycles. The fraction of sp³-hybridized carbons (Fsp3) is 0.286. The second kappa shape index (κ2) is 6.80. The summed E-state index contributed by atoms with van der Waals surface area (Å²) in [5.41, 5.74) is 2.18. The molecule has 1 aliphatic rings. The van der Waals surface area contributed by atoms with Gasteiger partial charge in [0, 0.05) is 13.6 Å². The van der Waals surface area contributed by atoms with Crippen molar-refractivity contribution in [2.75, 3.05) is 6.54 Å². The van der Waals surface area contributed by atoms with E-state index in [4.69, 9.17) is 4.98 Å². The SMILES string of the molecule is Cn1c([C@@H]2CCCN2C(=O)Cn2nnc3ccccc3c2=O)nc2ccccc21. The number of carbonyl (C=O) groups is 1. The average molecular weight is 388 g/mol. The average Bonchev–Trinajstić information content (AvgIpc) is 3.35. The first kappa shape index (κ1) is 17.5. The highest BCUT2D eigenvalue weighted by Crippen LogP contribution is 2.33. The molecule has 8 heteroatoms. The van der Waals surface area contributed by atoms with Crippen molar-refractivity contribution in [3.63, 3.8) is 0 Å². The van der Waals surface area contributed by atoms with Crippen molar-refractivity contribution in [1.29, 1.82) is 0 Å². The fourth-order valence-electron chi connectivity index (χ4n) is 4.14. The number of para-hydroxylation sites is 2. The zero-order chi connectivity index (χ0) is 20.0. The van der Waals surface area contributed by atoms with Crippen LogP contribution in [0.2, 0.25) is 0 Å². The number of fused-ring (bicyclic) bond motifs is 2. The van der Waals surface area contributed by atoms with Crippen LogP contribution in [0.15, 0.2) is 53.3 Å². The molecular weight excluding hydrogens is 368 g/mol. The van der Waals surface area contributed by atoms with Crippen molar-refractivity contribution in [3.05, 3.63) is 64.7 Å². The molecule has 0 bridgehead atoms. The molecule has 0 spiro atoms. The van der Waals surface area contributed by atoms with Crippen molar-refractivity contribution < 1.29 is 4.79 Å². The Bertz CT molecular complexity index is 1290. The van der Waals surface area contributed by atoms with Crippen LogP contribution in [0.25, 0.3) is 21.9 Å². The van der Waals surface area contributed by atoms with Gasteiger partial charge in [0.25, 0.3) is 5.56 Å². The highest BCUT2D eigenvalue weighted by Gasteiger charge is 2.33. The Balaban J connectivity index is 1.45. The van der Waals surface area contributed by atoms with Gasteiger partial charge in [0.05, 0.1) is 22.5 Å². The third kappa shape index (κ3) is 2.88. The molecule has 0 aliphatic carbocycles. The third-order valence-electron chi connectivity index (χ3n) is 5.61. The Labute approximate surface area is 166 Å². The zero-order valence-corrected chi connectivity index (χ0v) is 16.0. The van der Waals surface area contributed by atoms with E-state index >= 15 is 0 Å². The number of amides is 1. The van der Waals surface area contributed by atoms with Gasteiger partial charge in [-0.1, -0.05) is 29.5 Å². The van der Waals surface area contributed by atoms with Crippen molar-refractivity contribution in [2.45, 2.75) is 25.4 Å². The maximum absolute atomic E-state index is 13.1. The highest BCUT2D eigenvalue weighted by atomic mass is 16.2. The van der Waals surface area contributed by atoms with E-state index < -0.39 is 0 Å². The van der Waals surface area contributed by atoms with Crippen LogP contribution in [0.5, 0.6) is 0 Å². The summed E-state index contributed by atoms with van der Waals surface area (Å²) in [6.07, 6.45) is 1.75. The summed E-state index contributed by atoms with van der Waals surface area (Å²) in [7, 11) is 1.98. The summed E-state index contributed by atoms with van der Waals surface area (Å²) in [5, 5.41) is 8.48. The number of aromatic nitrogens is 5. The van der Waals surface area contributed by atoms with Gasteiger partial charge in [-0.3, -0.25) is 9.59 Å². The second-order valence-corrected chi connectivity index (χ2v) is 7.33. The van der Waals surface area contributed by atoms with E-state index in [0.717, 1.165) is 34.4 Å². The molecule has 1 aliphatic heterocycles. The lowest BCUT2D eigenvalue weighted by Gasteiger charge is -2.24. The summed E-state index contributed by atoms with van der Waals surface area (Å²) in [5.74, 6) is 0.722. The molecule has 1 fully saturated rings. The summed E-state index contributed by atoms with van der Waals surface area (Å²) in [4.78, 5) is 32.3. The quantitative estimate of drug-likeness (QED) is 0.536. The topological polar surface area (TPSA) is 85.9 Å². The van der Waals surface area contributed by atoms with Crippen LogP contribution < -0.4 is 5.56 Å². The maximum atomic E-state index is 13.1. The number of likely N-dealkylation sites (tertiary alicyclic amines) is 1. The second-order valence-electron chi connectivity index (χ2n) is 7.33. The van der Waals surface area contributed by atoms with Gasteiger partial charge in [0.1, 0.15) is 17.9 Å². The highest BCUT2D eigenvalue weighted by molar-refractivity contribution is 5.79. The van der Waals surface area contributed by atoms with Crippen LogP contribution in [-0.4, -0.2) is 41.9 Å². The van der Waals surface area contributed by atoms with Crippen molar-refractivity contribution in [3.8, 4) is 0 Å². The van der Waals surface area contributed by atoms with Gasteiger partial charge < -0.3 is 9.47 Å². The fourth-order valence-corrected chi connectivity index (χ4v) is 4.14. The Morgan fingerprint density at radius 3 is 2.69 bits per heavy atom. The number of nitrogens with zero attached hydrogens (tertiary/aromatic N) is 6. The van der Waals surface area contributed by atoms with E-state index in [1.807, 2.05) is 40.8 Å². The number of aryl methyl sites for hydroxylation is 1. The van der Waals surface area contributed by atoms with Crippen LogP contribution >= 0.6 is 0 Å². The monoisotopic (exact) mass is 388 g/mol. The van der Waals surface area contributed by atoms with Gasteiger partial charge in [-0.15, -0.1) is 5.10 Å². The van der Waals surface area contributed by atoms with Gasteiger partial charge in [0.2, 0.25) is 5.91 Å². The number of benzene rings is 2.